The lowest BCUT2D eigenvalue weighted by Gasteiger charge is -2.26. The fourth-order valence-electron chi connectivity index (χ4n) is 1.88. The van der Waals surface area contributed by atoms with E-state index in [9.17, 15) is 0 Å². The molecule has 4 nitrogen and oxygen atoms in total. The van der Waals surface area contributed by atoms with Crippen LogP contribution in [0.2, 0.25) is 0 Å². The molecule has 1 unspecified atom stereocenters. The molecule has 0 amide bonds. The second-order valence-corrected chi connectivity index (χ2v) is 3.73. The zero-order chi connectivity index (χ0) is 10.1. The van der Waals surface area contributed by atoms with Crippen molar-refractivity contribution < 1.29 is 9.47 Å². The molecule has 1 N–H and O–H groups in total. The molecule has 15 heavy (non-hydrogen) atoms. The molecule has 1 saturated heterocycles. The predicted molar refractivity (Wildman–Crippen MR) is 55.1 cm³/mol. The molecule has 1 radical (unpaired) electrons. The van der Waals surface area contributed by atoms with Crippen LogP contribution >= 0.6 is 0 Å². The number of nitrogens with zero attached hydrogens (tertiary/aromatic N) is 1. The first-order valence-electron chi connectivity index (χ1n) is 5.23. The van der Waals surface area contributed by atoms with Gasteiger partial charge < -0.3 is 14.8 Å². The second-order valence-electron chi connectivity index (χ2n) is 3.73. The molecule has 0 saturated carbocycles. The van der Waals surface area contributed by atoms with Gasteiger partial charge >= 0.3 is 0 Å². The molecule has 79 valence electrons. The Kier molecular flexibility index (Phi) is 2.23. The van der Waals surface area contributed by atoms with Crippen molar-refractivity contribution >= 4 is 0 Å². The summed E-state index contributed by atoms with van der Waals surface area (Å²) in [6.07, 6.45) is -0.254. The van der Waals surface area contributed by atoms with Gasteiger partial charge in [0.1, 0.15) is 6.04 Å². The van der Waals surface area contributed by atoms with E-state index in [1.165, 1.54) is 0 Å². The first kappa shape index (κ1) is 9.00. The summed E-state index contributed by atoms with van der Waals surface area (Å²) in [4.78, 5) is 0. The van der Waals surface area contributed by atoms with Gasteiger partial charge in [-0.1, -0.05) is 12.1 Å². The lowest BCUT2D eigenvalue weighted by molar-refractivity contribution is 0.00902. The van der Waals surface area contributed by atoms with Gasteiger partial charge in [-0.2, -0.15) is 0 Å². The van der Waals surface area contributed by atoms with Gasteiger partial charge in [0.15, 0.2) is 11.5 Å². The molecular weight excluding hydrogens is 192 g/mol. The molecule has 0 aromatic heterocycles. The van der Waals surface area contributed by atoms with Gasteiger partial charge in [0.05, 0.1) is 0 Å². The molecule has 2 heterocycles. The third-order valence-corrected chi connectivity index (χ3v) is 2.66. The van der Waals surface area contributed by atoms with E-state index in [-0.39, 0.29) is 12.3 Å². The number of ether oxygens (including phenoxy) is 2. The zero-order valence-electron chi connectivity index (χ0n) is 8.35. The smallest absolute Gasteiger partial charge is 0.259 e. The third kappa shape index (κ3) is 1.66. The summed E-state index contributed by atoms with van der Waals surface area (Å²) in [5.41, 5.74) is 0. The van der Waals surface area contributed by atoms with Crippen molar-refractivity contribution in [2.75, 3.05) is 19.6 Å². The standard InChI is InChI=1S/C11H13N2O2/c1-2-4-10-9(3-1)14-11(15-10)8-7-12-5-6-13-8/h1-4,8,11-12H,5-7H2. The number of rotatable bonds is 1. The van der Waals surface area contributed by atoms with E-state index in [1.807, 2.05) is 24.3 Å². The van der Waals surface area contributed by atoms with Crippen LogP contribution in [0.4, 0.5) is 0 Å². The van der Waals surface area contributed by atoms with Crippen molar-refractivity contribution in [2.45, 2.75) is 12.3 Å². The molecule has 0 aliphatic carbocycles. The molecule has 1 aromatic carbocycles. The number of benzene rings is 1. The average molecular weight is 205 g/mol. The minimum Gasteiger partial charge on any atom is -0.449 e. The van der Waals surface area contributed by atoms with Crippen LogP contribution in [-0.2, 0) is 0 Å². The van der Waals surface area contributed by atoms with Crippen LogP contribution in [-0.4, -0.2) is 32.0 Å². The largest absolute Gasteiger partial charge is 0.449 e. The van der Waals surface area contributed by atoms with E-state index in [0.717, 1.165) is 31.1 Å². The van der Waals surface area contributed by atoms with E-state index < -0.39 is 0 Å². The van der Waals surface area contributed by atoms with Crippen molar-refractivity contribution in [1.29, 1.82) is 0 Å². The van der Waals surface area contributed by atoms with Crippen molar-refractivity contribution in [3.8, 4) is 11.5 Å². The average Bonchev–Trinajstić information content (AvgIpc) is 2.74. The monoisotopic (exact) mass is 205 g/mol. The second kappa shape index (κ2) is 3.72. The Hall–Kier alpha value is -1.26. The number of para-hydroxylation sites is 2. The van der Waals surface area contributed by atoms with Crippen LogP contribution in [0.3, 0.4) is 0 Å². The van der Waals surface area contributed by atoms with Gasteiger partial charge in [0, 0.05) is 19.6 Å². The van der Waals surface area contributed by atoms with Crippen molar-refractivity contribution in [1.82, 2.24) is 10.6 Å². The minimum atomic E-state index is -0.254. The van der Waals surface area contributed by atoms with Gasteiger partial charge in [-0.3, -0.25) is 0 Å². The molecule has 1 fully saturated rings. The number of hydrogen-bond donors (Lipinski definition) is 1. The Morgan fingerprint density at radius 3 is 2.53 bits per heavy atom. The topological polar surface area (TPSA) is 44.6 Å². The number of hydrogen-bond acceptors (Lipinski definition) is 3. The maximum Gasteiger partial charge on any atom is 0.259 e. The summed E-state index contributed by atoms with van der Waals surface area (Å²) < 4.78 is 11.4. The van der Waals surface area contributed by atoms with Gasteiger partial charge in [0.2, 0.25) is 0 Å². The van der Waals surface area contributed by atoms with Crippen LogP contribution in [0.5, 0.6) is 11.5 Å². The van der Waals surface area contributed by atoms with E-state index in [4.69, 9.17) is 9.47 Å². The molecule has 3 rings (SSSR count). The Labute approximate surface area is 88.6 Å². The number of fused-ring (bicyclic) bond motifs is 1. The minimum absolute atomic E-state index is 0.103. The Balaban J connectivity index is 1.72. The maximum absolute atomic E-state index is 5.69. The summed E-state index contributed by atoms with van der Waals surface area (Å²) in [7, 11) is 0. The van der Waals surface area contributed by atoms with E-state index in [1.54, 1.807) is 0 Å². The summed E-state index contributed by atoms with van der Waals surface area (Å²) in [5, 5.41) is 7.77. The van der Waals surface area contributed by atoms with Crippen molar-refractivity contribution in [2.24, 2.45) is 0 Å². The van der Waals surface area contributed by atoms with Crippen LogP contribution < -0.4 is 20.1 Å². The molecule has 1 atom stereocenters. The molecular formula is C11H13N2O2. The Morgan fingerprint density at radius 1 is 1.20 bits per heavy atom. The van der Waals surface area contributed by atoms with Crippen LogP contribution in [0.15, 0.2) is 24.3 Å². The quantitative estimate of drug-likeness (QED) is 0.720. The van der Waals surface area contributed by atoms with Crippen LogP contribution in [0, 0.1) is 0 Å². The highest BCUT2D eigenvalue weighted by Gasteiger charge is 2.33. The lowest BCUT2D eigenvalue weighted by Crippen LogP contribution is -2.52. The predicted octanol–water partition coefficient (Wildman–Crippen LogP) is 0.360. The molecule has 0 spiro atoms. The highest BCUT2D eigenvalue weighted by atomic mass is 16.7. The third-order valence-electron chi connectivity index (χ3n) is 2.66. The lowest BCUT2D eigenvalue weighted by atomic mass is 10.2. The normalized spacial score (nSPS) is 25.5. The summed E-state index contributed by atoms with van der Waals surface area (Å²) in [6.45, 7) is 2.62. The molecule has 2 aliphatic rings. The van der Waals surface area contributed by atoms with E-state index >= 15 is 0 Å². The van der Waals surface area contributed by atoms with Crippen molar-refractivity contribution in [3.05, 3.63) is 24.3 Å². The number of piperazine rings is 1. The van der Waals surface area contributed by atoms with Crippen LogP contribution in [0.25, 0.3) is 0 Å². The molecule has 4 heteroatoms. The van der Waals surface area contributed by atoms with E-state index in [0.29, 0.717) is 0 Å². The molecule has 1 aromatic rings. The SMILES string of the molecule is c1ccc2c(c1)OC(C1CNCC[N]1)O2. The Morgan fingerprint density at radius 2 is 1.93 bits per heavy atom. The highest BCUT2D eigenvalue weighted by Crippen LogP contribution is 2.34. The Bertz CT molecular complexity index is 325. The molecule has 2 aliphatic heterocycles. The van der Waals surface area contributed by atoms with Gasteiger partial charge in [-0.15, -0.1) is 0 Å². The van der Waals surface area contributed by atoms with Crippen LogP contribution in [0.1, 0.15) is 0 Å². The fourth-order valence-corrected chi connectivity index (χ4v) is 1.88. The fraction of sp³-hybridized carbons (Fsp3) is 0.455. The molecule has 0 bridgehead atoms. The number of nitrogens with one attached hydrogen (secondary N) is 1. The van der Waals surface area contributed by atoms with Crippen molar-refractivity contribution in [3.63, 3.8) is 0 Å². The van der Waals surface area contributed by atoms with Gasteiger partial charge in [-0.05, 0) is 12.1 Å². The van der Waals surface area contributed by atoms with Gasteiger partial charge in [-0.25, -0.2) is 5.32 Å². The highest BCUT2D eigenvalue weighted by molar-refractivity contribution is 5.42. The summed E-state index contributed by atoms with van der Waals surface area (Å²) in [6, 6.07) is 7.84. The first-order chi connectivity index (χ1) is 7.43. The first-order valence-corrected chi connectivity index (χ1v) is 5.23. The maximum atomic E-state index is 5.69. The zero-order valence-corrected chi connectivity index (χ0v) is 8.35. The van der Waals surface area contributed by atoms with Gasteiger partial charge in [0.25, 0.3) is 6.29 Å². The summed E-state index contributed by atoms with van der Waals surface area (Å²) in [5.74, 6) is 1.64. The van der Waals surface area contributed by atoms with E-state index in [2.05, 4.69) is 10.6 Å². The summed E-state index contributed by atoms with van der Waals surface area (Å²) >= 11 is 0.